The molecule has 112 valence electrons. The summed E-state index contributed by atoms with van der Waals surface area (Å²) in [6, 6.07) is 1.95. The van der Waals surface area contributed by atoms with Gasteiger partial charge in [0.15, 0.2) is 5.16 Å². The standard InChI is InChI=1S/C15H21N5S/c1-8-7-9(2)18-14(17-8)21-12-10(3)11(16)19-13(20-12)15(4,5)6/h7H,1-6H3,(H2,16,19,20). The van der Waals surface area contributed by atoms with E-state index < -0.39 is 0 Å². The van der Waals surface area contributed by atoms with Gasteiger partial charge in [-0.1, -0.05) is 20.8 Å². The van der Waals surface area contributed by atoms with Gasteiger partial charge in [-0.3, -0.25) is 0 Å². The average molecular weight is 303 g/mol. The van der Waals surface area contributed by atoms with Crippen molar-refractivity contribution in [3.63, 3.8) is 0 Å². The van der Waals surface area contributed by atoms with Gasteiger partial charge in [0.05, 0.1) is 0 Å². The van der Waals surface area contributed by atoms with Crippen molar-refractivity contribution in [3.05, 3.63) is 28.8 Å². The second kappa shape index (κ2) is 5.60. The van der Waals surface area contributed by atoms with E-state index in [0.29, 0.717) is 11.0 Å². The summed E-state index contributed by atoms with van der Waals surface area (Å²) in [4.78, 5) is 17.9. The Kier molecular flexibility index (Phi) is 4.18. The fourth-order valence-corrected chi connectivity index (χ4v) is 2.71. The minimum atomic E-state index is -0.152. The topological polar surface area (TPSA) is 77.6 Å². The lowest BCUT2D eigenvalue weighted by atomic mass is 9.95. The van der Waals surface area contributed by atoms with Gasteiger partial charge in [-0.25, -0.2) is 19.9 Å². The quantitative estimate of drug-likeness (QED) is 0.678. The third kappa shape index (κ3) is 3.69. The molecule has 2 aromatic heterocycles. The maximum Gasteiger partial charge on any atom is 0.194 e. The van der Waals surface area contributed by atoms with E-state index in [9.17, 15) is 0 Å². The molecule has 0 aliphatic rings. The lowest BCUT2D eigenvalue weighted by Gasteiger charge is -2.18. The van der Waals surface area contributed by atoms with E-state index in [2.05, 4.69) is 40.7 Å². The zero-order valence-electron chi connectivity index (χ0n) is 13.4. The van der Waals surface area contributed by atoms with Crippen molar-refractivity contribution in [2.75, 3.05) is 5.73 Å². The molecule has 0 amide bonds. The van der Waals surface area contributed by atoms with Crippen LogP contribution in [0.5, 0.6) is 0 Å². The summed E-state index contributed by atoms with van der Waals surface area (Å²) >= 11 is 1.43. The van der Waals surface area contributed by atoms with Gasteiger partial charge in [0.25, 0.3) is 0 Å². The van der Waals surface area contributed by atoms with Crippen LogP contribution in [0.3, 0.4) is 0 Å². The van der Waals surface area contributed by atoms with Crippen LogP contribution in [0, 0.1) is 20.8 Å². The van der Waals surface area contributed by atoms with Crippen molar-refractivity contribution in [2.45, 2.75) is 57.1 Å². The van der Waals surface area contributed by atoms with Gasteiger partial charge in [0.1, 0.15) is 16.7 Å². The molecule has 5 nitrogen and oxygen atoms in total. The molecule has 0 unspecified atom stereocenters. The Hall–Kier alpha value is -1.69. The minimum absolute atomic E-state index is 0.152. The highest BCUT2D eigenvalue weighted by molar-refractivity contribution is 7.99. The molecule has 0 aromatic carbocycles. The van der Waals surface area contributed by atoms with Gasteiger partial charge in [-0.2, -0.15) is 0 Å². The van der Waals surface area contributed by atoms with E-state index in [0.717, 1.165) is 27.8 Å². The second-order valence-corrected chi connectivity index (χ2v) is 7.10. The third-order valence-electron chi connectivity index (χ3n) is 2.96. The summed E-state index contributed by atoms with van der Waals surface area (Å²) in [5.41, 5.74) is 8.64. The summed E-state index contributed by atoms with van der Waals surface area (Å²) in [7, 11) is 0. The predicted octanol–water partition coefficient (Wildman–Crippen LogP) is 3.22. The molecular formula is C15H21N5S. The van der Waals surface area contributed by atoms with Gasteiger partial charge in [0, 0.05) is 22.4 Å². The average Bonchev–Trinajstić information content (AvgIpc) is 2.32. The lowest BCUT2D eigenvalue weighted by molar-refractivity contribution is 0.538. The number of nitrogen functional groups attached to an aromatic ring is 1. The van der Waals surface area contributed by atoms with E-state index in [-0.39, 0.29) is 5.41 Å². The molecule has 2 heterocycles. The van der Waals surface area contributed by atoms with Crippen LogP contribution >= 0.6 is 11.8 Å². The zero-order valence-corrected chi connectivity index (χ0v) is 14.2. The molecule has 0 spiro atoms. The van der Waals surface area contributed by atoms with Crippen LogP contribution in [-0.4, -0.2) is 19.9 Å². The van der Waals surface area contributed by atoms with Crippen molar-refractivity contribution in [3.8, 4) is 0 Å². The van der Waals surface area contributed by atoms with E-state index in [1.807, 2.05) is 26.8 Å². The first-order valence-corrected chi connectivity index (χ1v) is 7.63. The molecule has 0 fully saturated rings. The fraction of sp³-hybridized carbons (Fsp3) is 0.467. The largest absolute Gasteiger partial charge is 0.383 e. The second-order valence-electron chi connectivity index (χ2n) is 6.15. The Morgan fingerprint density at radius 2 is 1.52 bits per heavy atom. The van der Waals surface area contributed by atoms with Crippen LogP contribution in [0.15, 0.2) is 16.2 Å². The van der Waals surface area contributed by atoms with Crippen LogP contribution in [-0.2, 0) is 5.41 Å². The number of hydrogen-bond donors (Lipinski definition) is 1. The SMILES string of the molecule is Cc1cc(C)nc(Sc2nc(C(C)(C)C)nc(N)c2C)n1. The molecule has 0 aliphatic heterocycles. The summed E-state index contributed by atoms with van der Waals surface area (Å²) < 4.78 is 0. The summed E-state index contributed by atoms with van der Waals surface area (Å²) in [6.07, 6.45) is 0. The van der Waals surface area contributed by atoms with Gasteiger partial charge < -0.3 is 5.73 Å². The molecule has 0 bridgehead atoms. The Balaban J connectivity index is 2.46. The van der Waals surface area contributed by atoms with Crippen molar-refractivity contribution < 1.29 is 0 Å². The fourth-order valence-electron chi connectivity index (χ4n) is 1.77. The normalized spacial score (nSPS) is 11.7. The molecule has 2 N–H and O–H groups in total. The number of hydrogen-bond acceptors (Lipinski definition) is 6. The molecule has 0 saturated heterocycles. The van der Waals surface area contributed by atoms with Crippen molar-refractivity contribution in [1.29, 1.82) is 0 Å². The zero-order chi connectivity index (χ0) is 15.8. The molecule has 0 saturated carbocycles. The number of aryl methyl sites for hydroxylation is 2. The summed E-state index contributed by atoms with van der Waals surface area (Å²) in [5, 5.41) is 1.51. The molecule has 2 rings (SSSR count). The van der Waals surface area contributed by atoms with Crippen LogP contribution < -0.4 is 5.73 Å². The highest BCUT2D eigenvalue weighted by Crippen LogP contribution is 2.31. The summed E-state index contributed by atoms with van der Waals surface area (Å²) in [5.74, 6) is 1.25. The van der Waals surface area contributed by atoms with Crippen LogP contribution in [0.1, 0.15) is 43.5 Å². The number of aromatic nitrogens is 4. The maximum atomic E-state index is 6.03. The molecule has 21 heavy (non-hydrogen) atoms. The Morgan fingerprint density at radius 1 is 0.952 bits per heavy atom. The smallest absolute Gasteiger partial charge is 0.194 e. The van der Waals surface area contributed by atoms with Crippen molar-refractivity contribution in [2.24, 2.45) is 0 Å². The molecule has 0 aliphatic carbocycles. The lowest BCUT2D eigenvalue weighted by Crippen LogP contribution is -2.18. The molecule has 0 atom stereocenters. The predicted molar refractivity (Wildman–Crippen MR) is 85.5 cm³/mol. The minimum Gasteiger partial charge on any atom is -0.383 e. The summed E-state index contributed by atoms with van der Waals surface area (Å²) in [6.45, 7) is 12.0. The Bertz CT molecular complexity index is 656. The van der Waals surface area contributed by atoms with Gasteiger partial charge >= 0.3 is 0 Å². The highest BCUT2D eigenvalue weighted by Gasteiger charge is 2.21. The van der Waals surface area contributed by atoms with Gasteiger partial charge in [-0.15, -0.1) is 0 Å². The monoisotopic (exact) mass is 303 g/mol. The van der Waals surface area contributed by atoms with Crippen LogP contribution in [0.2, 0.25) is 0 Å². The van der Waals surface area contributed by atoms with Crippen LogP contribution in [0.25, 0.3) is 0 Å². The number of nitrogens with zero attached hydrogens (tertiary/aromatic N) is 4. The molecule has 6 heteroatoms. The number of rotatable bonds is 2. The first kappa shape index (κ1) is 15.7. The van der Waals surface area contributed by atoms with E-state index >= 15 is 0 Å². The first-order chi connectivity index (χ1) is 9.66. The Labute approximate surface area is 129 Å². The van der Waals surface area contributed by atoms with Gasteiger partial charge in [-0.05, 0) is 38.6 Å². The molecular weight excluding hydrogens is 282 g/mol. The first-order valence-electron chi connectivity index (χ1n) is 6.81. The van der Waals surface area contributed by atoms with Crippen LogP contribution in [0.4, 0.5) is 5.82 Å². The van der Waals surface area contributed by atoms with E-state index in [1.165, 1.54) is 11.8 Å². The number of nitrogens with two attached hydrogens (primary N) is 1. The van der Waals surface area contributed by atoms with Gasteiger partial charge in [0.2, 0.25) is 0 Å². The van der Waals surface area contributed by atoms with Crippen molar-refractivity contribution >= 4 is 17.6 Å². The van der Waals surface area contributed by atoms with E-state index in [1.54, 1.807) is 0 Å². The Morgan fingerprint density at radius 3 is 2.05 bits per heavy atom. The van der Waals surface area contributed by atoms with E-state index in [4.69, 9.17) is 5.73 Å². The third-order valence-corrected chi connectivity index (χ3v) is 3.92. The number of anilines is 1. The molecule has 0 radical (unpaired) electrons. The maximum absolute atomic E-state index is 6.03. The van der Waals surface area contributed by atoms with Crippen molar-refractivity contribution in [1.82, 2.24) is 19.9 Å². The highest BCUT2D eigenvalue weighted by atomic mass is 32.2. The molecule has 2 aromatic rings.